The van der Waals surface area contributed by atoms with Gasteiger partial charge in [-0.15, -0.1) is 0 Å². The quantitative estimate of drug-likeness (QED) is 0.831. The van der Waals surface area contributed by atoms with Crippen LogP contribution in [0.3, 0.4) is 0 Å². The first kappa shape index (κ1) is 11.7. The second kappa shape index (κ2) is 4.59. The summed E-state index contributed by atoms with van der Waals surface area (Å²) >= 11 is 0. The van der Waals surface area contributed by atoms with Crippen LogP contribution in [0.5, 0.6) is 0 Å². The molecule has 0 saturated carbocycles. The van der Waals surface area contributed by atoms with Gasteiger partial charge in [0.25, 0.3) is 0 Å². The van der Waals surface area contributed by atoms with E-state index in [4.69, 9.17) is 5.73 Å². The number of nitrogens with zero attached hydrogens (tertiary/aromatic N) is 1. The highest BCUT2D eigenvalue weighted by molar-refractivity contribution is 5.85. The lowest BCUT2D eigenvalue weighted by molar-refractivity contribution is -0.130. The lowest BCUT2D eigenvalue weighted by atomic mass is 10.0. The van der Waals surface area contributed by atoms with Crippen LogP contribution < -0.4 is 5.73 Å². The first-order valence-corrected chi connectivity index (χ1v) is 5.61. The molecule has 2 aromatic rings. The van der Waals surface area contributed by atoms with Crippen LogP contribution in [-0.4, -0.2) is 35.9 Å². The molecule has 17 heavy (non-hydrogen) atoms. The number of carbonyl (C=O) groups excluding carboxylic acids is 1. The van der Waals surface area contributed by atoms with Gasteiger partial charge in [-0.05, 0) is 18.1 Å². The Morgan fingerprint density at radius 2 is 2.12 bits per heavy atom. The van der Waals surface area contributed by atoms with Crippen LogP contribution in [0.25, 0.3) is 10.9 Å². The third-order valence-corrected chi connectivity index (χ3v) is 2.87. The molecule has 4 nitrogen and oxygen atoms in total. The fraction of sp³-hybridized carbons (Fsp3) is 0.308. The van der Waals surface area contributed by atoms with Crippen LogP contribution in [0.1, 0.15) is 5.56 Å². The Morgan fingerprint density at radius 1 is 1.41 bits per heavy atom. The lowest BCUT2D eigenvalue weighted by Gasteiger charge is -2.16. The van der Waals surface area contributed by atoms with Crippen molar-refractivity contribution >= 4 is 16.8 Å². The second-order valence-corrected chi connectivity index (χ2v) is 4.40. The van der Waals surface area contributed by atoms with E-state index >= 15 is 0 Å². The topological polar surface area (TPSA) is 62.1 Å². The number of benzene rings is 1. The number of fused-ring (bicyclic) bond motifs is 1. The summed E-state index contributed by atoms with van der Waals surface area (Å²) in [6, 6.07) is 7.53. The summed E-state index contributed by atoms with van der Waals surface area (Å²) in [6.07, 6.45) is 2.48. The number of nitrogens with two attached hydrogens (primary N) is 1. The van der Waals surface area contributed by atoms with Crippen molar-refractivity contribution in [2.75, 3.05) is 14.1 Å². The van der Waals surface area contributed by atoms with Crippen molar-refractivity contribution in [2.45, 2.75) is 12.5 Å². The molecule has 1 aromatic heterocycles. The van der Waals surface area contributed by atoms with Gasteiger partial charge in [-0.3, -0.25) is 4.79 Å². The molecule has 4 heteroatoms. The van der Waals surface area contributed by atoms with E-state index in [1.54, 1.807) is 14.1 Å². The van der Waals surface area contributed by atoms with Crippen molar-refractivity contribution in [3.63, 3.8) is 0 Å². The number of likely N-dealkylation sites (N-methyl/N-ethyl adjacent to an activating group) is 1. The van der Waals surface area contributed by atoms with E-state index in [1.165, 1.54) is 4.90 Å². The fourth-order valence-electron chi connectivity index (χ4n) is 1.96. The van der Waals surface area contributed by atoms with Gasteiger partial charge in [0, 0.05) is 31.2 Å². The normalized spacial score (nSPS) is 12.6. The van der Waals surface area contributed by atoms with Crippen molar-refractivity contribution in [1.82, 2.24) is 9.88 Å². The van der Waals surface area contributed by atoms with E-state index < -0.39 is 6.04 Å². The van der Waals surface area contributed by atoms with Crippen LogP contribution >= 0.6 is 0 Å². The van der Waals surface area contributed by atoms with Gasteiger partial charge in [-0.25, -0.2) is 0 Å². The minimum Gasteiger partial charge on any atom is -0.361 e. The Kier molecular flexibility index (Phi) is 3.15. The van der Waals surface area contributed by atoms with Gasteiger partial charge in [0.2, 0.25) is 5.91 Å². The molecule has 0 bridgehead atoms. The summed E-state index contributed by atoms with van der Waals surface area (Å²) in [4.78, 5) is 16.4. The summed E-state index contributed by atoms with van der Waals surface area (Å²) in [7, 11) is 3.44. The predicted octanol–water partition coefficient (Wildman–Crippen LogP) is 1.13. The Balaban J connectivity index is 2.21. The highest BCUT2D eigenvalue weighted by atomic mass is 16.2. The summed E-state index contributed by atoms with van der Waals surface area (Å²) < 4.78 is 0. The Labute approximate surface area is 100 Å². The van der Waals surface area contributed by atoms with Gasteiger partial charge >= 0.3 is 0 Å². The van der Waals surface area contributed by atoms with Crippen LogP contribution in [0.15, 0.2) is 30.5 Å². The van der Waals surface area contributed by atoms with Crippen molar-refractivity contribution in [3.05, 3.63) is 36.0 Å². The number of hydrogen-bond acceptors (Lipinski definition) is 2. The molecule has 0 aliphatic heterocycles. The molecule has 0 aliphatic carbocycles. The lowest BCUT2D eigenvalue weighted by Crippen LogP contribution is -2.41. The number of para-hydroxylation sites is 1. The van der Waals surface area contributed by atoms with Crippen LogP contribution in [0, 0.1) is 0 Å². The molecule has 0 aliphatic rings. The van der Waals surface area contributed by atoms with E-state index in [0.717, 1.165) is 16.5 Å². The molecule has 2 rings (SSSR count). The Morgan fingerprint density at radius 3 is 2.82 bits per heavy atom. The van der Waals surface area contributed by atoms with Crippen molar-refractivity contribution in [2.24, 2.45) is 5.73 Å². The maximum Gasteiger partial charge on any atom is 0.239 e. The number of rotatable bonds is 3. The van der Waals surface area contributed by atoms with Crippen LogP contribution in [0.2, 0.25) is 0 Å². The van der Waals surface area contributed by atoms with Gasteiger partial charge < -0.3 is 15.6 Å². The van der Waals surface area contributed by atoms with Gasteiger partial charge in [0.05, 0.1) is 6.04 Å². The molecule has 3 N–H and O–H groups in total. The fourth-order valence-corrected chi connectivity index (χ4v) is 1.96. The number of amides is 1. The second-order valence-electron chi connectivity index (χ2n) is 4.40. The maximum absolute atomic E-state index is 11.7. The smallest absolute Gasteiger partial charge is 0.239 e. The summed E-state index contributed by atoms with van der Waals surface area (Å²) in [6.45, 7) is 0. The van der Waals surface area contributed by atoms with E-state index in [9.17, 15) is 4.79 Å². The van der Waals surface area contributed by atoms with Crippen molar-refractivity contribution < 1.29 is 4.79 Å². The summed E-state index contributed by atoms with van der Waals surface area (Å²) in [5.41, 5.74) is 8.06. The molecular formula is C13H17N3O. The number of hydrogen-bond donors (Lipinski definition) is 2. The van der Waals surface area contributed by atoms with E-state index in [1.807, 2.05) is 30.5 Å². The zero-order valence-electron chi connectivity index (χ0n) is 10.1. The minimum atomic E-state index is -0.482. The maximum atomic E-state index is 11.7. The predicted molar refractivity (Wildman–Crippen MR) is 68.7 cm³/mol. The molecule has 1 unspecified atom stereocenters. The van der Waals surface area contributed by atoms with Gasteiger partial charge in [-0.2, -0.15) is 0 Å². The largest absolute Gasteiger partial charge is 0.361 e. The van der Waals surface area contributed by atoms with Crippen molar-refractivity contribution in [1.29, 1.82) is 0 Å². The summed E-state index contributed by atoms with van der Waals surface area (Å²) in [5, 5.41) is 1.13. The average molecular weight is 231 g/mol. The van der Waals surface area contributed by atoms with Gasteiger partial charge in [-0.1, -0.05) is 18.2 Å². The Hall–Kier alpha value is -1.81. The first-order chi connectivity index (χ1) is 8.09. The molecule has 90 valence electrons. The van der Waals surface area contributed by atoms with Crippen molar-refractivity contribution in [3.8, 4) is 0 Å². The van der Waals surface area contributed by atoms with E-state index in [2.05, 4.69) is 4.98 Å². The number of H-pyrrole nitrogens is 1. The Bertz CT molecular complexity index is 530. The molecule has 1 heterocycles. The van der Waals surface area contributed by atoms with Crippen LogP contribution in [0.4, 0.5) is 0 Å². The zero-order valence-corrected chi connectivity index (χ0v) is 10.1. The standard InChI is InChI=1S/C13H17N3O/c1-16(2)13(17)11(14)7-9-8-15-12-6-4-3-5-10(9)12/h3-6,8,11,15H,7,14H2,1-2H3. The monoisotopic (exact) mass is 231 g/mol. The average Bonchev–Trinajstić information content (AvgIpc) is 2.71. The highest BCUT2D eigenvalue weighted by Gasteiger charge is 2.17. The molecule has 1 aromatic carbocycles. The SMILES string of the molecule is CN(C)C(=O)C(N)Cc1c[nH]c2ccccc12. The zero-order chi connectivity index (χ0) is 12.4. The van der Waals surface area contributed by atoms with Crippen LogP contribution in [-0.2, 0) is 11.2 Å². The molecule has 0 radical (unpaired) electrons. The van der Waals surface area contributed by atoms with Gasteiger partial charge in [0.1, 0.15) is 0 Å². The third kappa shape index (κ3) is 2.31. The van der Waals surface area contributed by atoms with Gasteiger partial charge in [0.15, 0.2) is 0 Å². The van der Waals surface area contributed by atoms with E-state index in [0.29, 0.717) is 6.42 Å². The summed E-state index contributed by atoms with van der Waals surface area (Å²) in [5.74, 6) is -0.0460. The number of nitrogens with one attached hydrogen (secondary N) is 1. The molecule has 0 spiro atoms. The highest BCUT2D eigenvalue weighted by Crippen LogP contribution is 2.18. The number of aromatic amines is 1. The van der Waals surface area contributed by atoms with E-state index in [-0.39, 0.29) is 5.91 Å². The molecular weight excluding hydrogens is 214 g/mol. The molecule has 0 saturated heterocycles. The molecule has 0 fully saturated rings. The third-order valence-electron chi connectivity index (χ3n) is 2.87. The molecule has 1 atom stereocenters. The number of carbonyl (C=O) groups is 1. The molecule has 1 amide bonds. The first-order valence-electron chi connectivity index (χ1n) is 5.61. The number of aromatic nitrogens is 1. The minimum absolute atomic E-state index is 0.0460.